The van der Waals surface area contributed by atoms with Gasteiger partial charge in [-0.15, -0.1) is 0 Å². The number of nitrogens with one attached hydrogen (secondary N) is 1. The average molecular weight is 142 g/mol. The van der Waals surface area contributed by atoms with E-state index in [1.54, 1.807) is 0 Å². The summed E-state index contributed by atoms with van der Waals surface area (Å²) < 4.78 is 0. The predicted molar refractivity (Wildman–Crippen MR) is 45.1 cm³/mol. The highest BCUT2D eigenvalue weighted by atomic mass is 14.7. The molecular weight excluding hydrogens is 134 g/mol. The van der Waals surface area contributed by atoms with Crippen LogP contribution in [-0.4, -0.2) is 4.98 Å². The number of aromatic amines is 1. The van der Waals surface area contributed by atoms with E-state index >= 15 is 0 Å². The van der Waals surface area contributed by atoms with Crippen LogP contribution in [0, 0.1) is 6.07 Å². The number of hydrogen-bond acceptors (Lipinski definition) is 0. The second kappa shape index (κ2) is 2.62. The molecule has 0 saturated carbocycles. The van der Waals surface area contributed by atoms with Crippen molar-refractivity contribution >= 4 is 0 Å². The van der Waals surface area contributed by atoms with Crippen LogP contribution < -0.4 is 0 Å². The molecule has 2 aromatic rings. The second-order valence-electron chi connectivity index (χ2n) is 2.38. The van der Waals surface area contributed by atoms with Crippen LogP contribution in [0.15, 0.2) is 42.6 Å². The van der Waals surface area contributed by atoms with Crippen LogP contribution in [0.2, 0.25) is 0 Å². The quantitative estimate of drug-likeness (QED) is 0.629. The van der Waals surface area contributed by atoms with Gasteiger partial charge in [-0.3, -0.25) is 0 Å². The number of aromatic nitrogens is 1. The highest BCUT2D eigenvalue weighted by molar-refractivity contribution is 5.58. The van der Waals surface area contributed by atoms with Crippen LogP contribution in [0.25, 0.3) is 11.3 Å². The Morgan fingerprint density at radius 2 is 2.18 bits per heavy atom. The zero-order chi connectivity index (χ0) is 7.52. The lowest BCUT2D eigenvalue weighted by Crippen LogP contribution is -1.73. The third kappa shape index (κ3) is 1.17. The Morgan fingerprint density at radius 3 is 2.82 bits per heavy atom. The van der Waals surface area contributed by atoms with E-state index in [1.807, 2.05) is 36.5 Å². The smallest absolute Gasteiger partial charge is 0.0454 e. The Bertz CT molecular complexity index is 308. The fourth-order valence-corrected chi connectivity index (χ4v) is 1.07. The van der Waals surface area contributed by atoms with Gasteiger partial charge in [-0.25, -0.2) is 0 Å². The minimum absolute atomic E-state index is 1.14. The maximum absolute atomic E-state index is 3.13. The van der Waals surface area contributed by atoms with Crippen molar-refractivity contribution in [3.05, 3.63) is 48.7 Å². The Balaban J connectivity index is 2.46. The standard InChI is InChI=1S/C10H8N/c1-2-5-9(6-3-1)10-7-4-8-11-10/h1-2,4-8,11H. The molecule has 0 atom stereocenters. The molecule has 53 valence electrons. The summed E-state index contributed by atoms with van der Waals surface area (Å²) in [6, 6.07) is 15.0. The van der Waals surface area contributed by atoms with Crippen molar-refractivity contribution in [1.29, 1.82) is 0 Å². The molecule has 0 aliphatic carbocycles. The van der Waals surface area contributed by atoms with E-state index in [-0.39, 0.29) is 0 Å². The second-order valence-corrected chi connectivity index (χ2v) is 2.38. The summed E-state index contributed by atoms with van der Waals surface area (Å²) in [6.45, 7) is 0. The van der Waals surface area contributed by atoms with Gasteiger partial charge in [0.05, 0.1) is 0 Å². The minimum Gasteiger partial charge on any atom is -0.361 e. The van der Waals surface area contributed by atoms with E-state index in [0.717, 1.165) is 5.69 Å². The van der Waals surface area contributed by atoms with Gasteiger partial charge in [-0.2, -0.15) is 0 Å². The van der Waals surface area contributed by atoms with Crippen LogP contribution in [-0.2, 0) is 0 Å². The van der Waals surface area contributed by atoms with Gasteiger partial charge in [0.25, 0.3) is 0 Å². The number of hydrogen-bond donors (Lipinski definition) is 1. The Morgan fingerprint density at radius 1 is 1.18 bits per heavy atom. The summed E-state index contributed by atoms with van der Waals surface area (Å²) in [6.07, 6.45) is 1.92. The average Bonchev–Trinajstić information content (AvgIpc) is 2.58. The molecule has 0 aliphatic heterocycles. The van der Waals surface area contributed by atoms with Gasteiger partial charge >= 0.3 is 0 Å². The van der Waals surface area contributed by atoms with Gasteiger partial charge in [0.1, 0.15) is 0 Å². The van der Waals surface area contributed by atoms with Crippen LogP contribution in [0.1, 0.15) is 0 Å². The van der Waals surface area contributed by atoms with E-state index in [9.17, 15) is 0 Å². The zero-order valence-corrected chi connectivity index (χ0v) is 6.04. The summed E-state index contributed by atoms with van der Waals surface area (Å²) in [4.78, 5) is 3.13. The van der Waals surface area contributed by atoms with Crippen molar-refractivity contribution in [2.24, 2.45) is 0 Å². The van der Waals surface area contributed by atoms with Crippen molar-refractivity contribution in [2.45, 2.75) is 0 Å². The molecule has 1 N–H and O–H groups in total. The lowest BCUT2D eigenvalue weighted by Gasteiger charge is -1.94. The zero-order valence-electron chi connectivity index (χ0n) is 6.04. The number of H-pyrrole nitrogens is 1. The minimum atomic E-state index is 1.14. The van der Waals surface area contributed by atoms with Crippen molar-refractivity contribution in [3.63, 3.8) is 0 Å². The summed E-state index contributed by atoms with van der Waals surface area (Å²) in [5.74, 6) is 0. The largest absolute Gasteiger partial charge is 0.361 e. The summed E-state index contributed by atoms with van der Waals surface area (Å²) in [7, 11) is 0. The van der Waals surface area contributed by atoms with Gasteiger partial charge in [0.2, 0.25) is 0 Å². The molecule has 1 heterocycles. The van der Waals surface area contributed by atoms with Gasteiger partial charge in [0.15, 0.2) is 0 Å². The van der Waals surface area contributed by atoms with E-state index in [0.29, 0.717) is 0 Å². The molecule has 0 spiro atoms. The highest BCUT2D eigenvalue weighted by Crippen LogP contribution is 2.14. The topological polar surface area (TPSA) is 15.8 Å². The number of benzene rings is 1. The van der Waals surface area contributed by atoms with Crippen LogP contribution in [0.5, 0.6) is 0 Å². The molecule has 1 heteroatoms. The Hall–Kier alpha value is -1.50. The lowest BCUT2D eigenvalue weighted by molar-refractivity contribution is 1.40. The maximum Gasteiger partial charge on any atom is 0.0454 e. The Labute approximate surface area is 65.7 Å². The first kappa shape index (κ1) is 6.23. The first-order chi connectivity index (χ1) is 5.47. The van der Waals surface area contributed by atoms with Crippen molar-refractivity contribution in [3.8, 4) is 11.3 Å². The summed E-state index contributed by atoms with van der Waals surface area (Å²) >= 11 is 0. The maximum atomic E-state index is 3.13. The van der Waals surface area contributed by atoms with Gasteiger partial charge in [-0.05, 0) is 29.8 Å². The molecule has 11 heavy (non-hydrogen) atoms. The van der Waals surface area contributed by atoms with Crippen molar-refractivity contribution in [2.75, 3.05) is 0 Å². The van der Waals surface area contributed by atoms with Gasteiger partial charge in [0, 0.05) is 11.9 Å². The van der Waals surface area contributed by atoms with Crippen LogP contribution >= 0.6 is 0 Å². The summed E-state index contributed by atoms with van der Waals surface area (Å²) in [5, 5.41) is 0. The molecule has 0 saturated heterocycles. The van der Waals surface area contributed by atoms with Gasteiger partial charge in [-0.1, -0.05) is 18.2 Å². The fourth-order valence-electron chi connectivity index (χ4n) is 1.07. The monoisotopic (exact) mass is 142 g/mol. The van der Waals surface area contributed by atoms with Crippen molar-refractivity contribution < 1.29 is 0 Å². The fraction of sp³-hybridized carbons (Fsp3) is 0. The molecule has 0 aliphatic rings. The molecule has 1 aromatic carbocycles. The molecule has 1 aromatic heterocycles. The molecule has 0 bridgehead atoms. The molecular formula is C10H8N. The van der Waals surface area contributed by atoms with E-state index in [2.05, 4.69) is 17.1 Å². The summed E-state index contributed by atoms with van der Waals surface area (Å²) in [5.41, 5.74) is 2.32. The van der Waals surface area contributed by atoms with E-state index < -0.39 is 0 Å². The number of rotatable bonds is 1. The lowest BCUT2D eigenvalue weighted by atomic mass is 10.2. The van der Waals surface area contributed by atoms with E-state index in [1.165, 1.54) is 5.56 Å². The molecule has 2 rings (SSSR count). The molecule has 1 nitrogen and oxygen atoms in total. The first-order valence-corrected chi connectivity index (χ1v) is 3.57. The third-order valence-corrected chi connectivity index (χ3v) is 1.62. The molecule has 0 fully saturated rings. The molecule has 1 radical (unpaired) electrons. The molecule has 0 unspecified atom stereocenters. The van der Waals surface area contributed by atoms with Gasteiger partial charge < -0.3 is 4.98 Å². The van der Waals surface area contributed by atoms with Crippen LogP contribution in [0.3, 0.4) is 0 Å². The van der Waals surface area contributed by atoms with Crippen LogP contribution in [0.4, 0.5) is 0 Å². The highest BCUT2D eigenvalue weighted by Gasteiger charge is 1.93. The van der Waals surface area contributed by atoms with Crippen molar-refractivity contribution in [1.82, 2.24) is 4.98 Å². The SMILES string of the molecule is [c]1cccc(-c2ccc[nH]2)c1. The third-order valence-electron chi connectivity index (χ3n) is 1.62. The Kier molecular flexibility index (Phi) is 1.48. The van der Waals surface area contributed by atoms with E-state index in [4.69, 9.17) is 0 Å². The first-order valence-electron chi connectivity index (χ1n) is 3.57. The normalized spacial score (nSPS) is 9.82. The predicted octanol–water partition coefficient (Wildman–Crippen LogP) is 2.48. The molecule has 0 amide bonds.